The predicted octanol–water partition coefficient (Wildman–Crippen LogP) is -0.539. The number of hydrogen-bond donors (Lipinski definition) is 3. The van der Waals surface area contributed by atoms with Crippen LogP contribution in [0.3, 0.4) is 0 Å². The Morgan fingerprint density at radius 1 is 1.33 bits per heavy atom. The number of carbonyl (C=O) groups excluding carboxylic acids is 1. The third-order valence-corrected chi connectivity index (χ3v) is 1.83. The minimum Gasteiger partial charge on any atom is -0.481 e. The van der Waals surface area contributed by atoms with E-state index in [-0.39, 0.29) is 13.0 Å². The molecule has 15 heavy (non-hydrogen) atoms. The topological polar surface area (TPSA) is 116 Å². The molecular weight excluding hydrogens is 200 g/mol. The van der Waals surface area contributed by atoms with E-state index in [1.807, 2.05) is 0 Å². The largest absolute Gasteiger partial charge is 0.481 e. The number of esters is 1. The van der Waals surface area contributed by atoms with Crippen molar-refractivity contribution in [3.8, 4) is 0 Å². The van der Waals surface area contributed by atoms with Crippen LogP contribution < -0.4 is 11.5 Å². The quantitative estimate of drug-likeness (QED) is 0.372. The molecule has 0 spiro atoms. The second-order valence-corrected chi connectivity index (χ2v) is 3.20. The minimum atomic E-state index is -1.00. The van der Waals surface area contributed by atoms with Gasteiger partial charge < -0.3 is 21.3 Å². The van der Waals surface area contributed by atoms with Crippen molar-refractivity contribution in [2.45, 2.75) is 31.7 Å². The van der Waals surface area contributed by atoms with E-state index in [1.54, 1.807) is 0 Å². The highest BCUT2D eigenvalue weighted by molar-refractivity contribution is 5.75. The number of unbranched alkanes of at least 4 members (excludes halogenated alkanes) is 1. The summed E-state index contributed by atoms with van der Waals surface area (Å²) in [6, 6.07) is -0.676. The SMILES string of the molecule is NCCCC[C@H](N)C(=O)OCCC(=O)O. The van der Waals surface area contributed by atoms with Gasteiger partial charge in [0.05, 0.1) is 6.42 Å². The molecule has 0 aliphatic rings. The van der Waals surface area contributed by atoms with Crippen LogP contribution in [0, 0.1) is 0 Å². The first-order valence-corrected chi connectivity index (χ1v) is 4.92. The maximum atomic E-state index is 11.1. The standard InChI is InChI=1S/C9H18N2O4/c10-5-2-1-3-7(11)9(14)15-6-4-8(12)13/h7H,1-6,10-11H2,(H,12,13)/t7-/m0/s1. The first-order chi connectivity index (χ1) is 7.07. The van der Waals surface area contributed by atoms with Gasteiger partial charge in [-0.05, 0) is 19.4 Å². The zero-order chi connectivity index (χ0) is 11.7. The molecular formula is C9H18N2O4. The third kappa shape index (κ3) is 7.90. The van der Waals surface area contributed by atoms with E-state index < -0.39 is 18.0 Å². The lowest BCUT2D eigenvalue weighted by Crippen LogP contribution is -2.32. The first-order valence-electron chi connectivity index (χ1n) is 4.92. The molecule has 0 aromatic rings. The smallest absolute Gasteiger partial charge is 0.322 e. The second-order valence-electron chi connectivity index (χ2n) is 3.20. The van der Waals surface area contributed by atoms with Crippen LogP contribution >= 0.6 is 0 Å². The van der Waals surface area contributed by atoms with Crippen molar-refractivity contribution in [2.75, 3.05) is 13.2 Å². The van der Waals surface area contributed by atoms with Crippen LogP contribution in [0.25, 0.3) is 0 Å². The van der Waals surface area contributed by atoms with E-state index in [0.717, 1.165) is 12.8 Å². The molecule has 0 radical (unpaired) electrons. The number of carboxylic acids is 1. The Balaban J connectivity index is 3.55. The Kier molecular flexibility index (Phi) is 7.57. The summed E-state index contributed by atoms with van der Waals surface area (Å²) >= 11 is 0. The molecule has 0 heterocycles. The summed E-state index contributed by atoms with van der Waals surface area (Å²) in [6.07, 6.45) is 1.91. The monoisotopic (exact) mass is 218 g/mol. The van der Waals surface area contributed by atoms with Gasteiger partial charge in [0, 0.05) is 0 Å². The maximum absolute atomic E-state index is 11.1. The van der Waals surface area contributed by atoms with Gasteiger partial charge in [-0.15, -0.1) is 0 Å². The van der Waals surface area contributed by atoms with Crippen LogP contribution in [0.4, 0.5) is 0 Å². The highest BCUT2D eigenvalue weighted by Gasteiger charge is 2.14. The van der Waals surface area contributed by atoms with E-state index in [2.05, 4.69) is 4.74 Å². The van der Waals surface area contributed by atoms with E-state index in [0.29, 0.717) is 13.0 Å². The van der Waals surface area contributed by atoms with Crippen LogP contribution in [0.5, 0.6) is 0 Å². The lowest BCUT2D eigenvalue weighted by molar-refractivity contribution is -0.147. The Hall–Kier alpha value is -1.14. The Morgan fingerprint density at radius 2 is 2.00 bits per heavy atom. The molecule has 0 saturated heterocycles. The van der Waals surface area contributed by atoms with Gasteiger partial charge in [0.25, 0.3) is 0 Å². The van der Waals surface area contributed by atoms with Gasteiger partial charge in [-0.2, -0.15) is 0 Å². The van der Waals surface area contributed by atoms with Gasteiger partial charge in [0.1, 0.15) is 12.6 Å². The Bertz CT molecular complexity index is 208. The van der Waals surface area contributed by atoms with E-state index in [9.17, 15) is 9.59 Å². The molecule has 0 unspecified atom stereocenters. The number of aliphatic carboxylic acids is 1. The molecule has 0 aromatic carbocycles. The van der Waals surface area contributed by atoms with Gasteiger partial charge in [0.2, 0.25) is 0 Å². The van der Waals surface area contributed by atoms with Crippen LogP contribution in [-0.4, -0.2) is 36.2 Å². The fourth-order valence-electron chi connectivity index (χ4n) is 0.972. The van der Waals surface area contributed by atoms with Crippen LogP contribution in [0.2, 0.25) is 0 Å². The molecule has 0 bridgehead atoms. The van der Waals surface area contributed by atoms with Crippen molar-refractivity contribution in [2.24, 2.45) is 11.5 Å². The fraction of sp³-hybridized carbons (Fsp3) is 0.778. The molecule has 0 amide bonds. The lowest BCUT2D eigenvalue weighted by Gasteiger charge is -2.10. The minimum absolute atomic E-state index is 0.126. The Morgan fingerprint density at radius 3 is 2.53 bits per heavy atom. The second kappa shape index (κ2) is 8.19. The fourth-order valence-corrected chi connectivity index (χ4v) is 0.972. The molecule has 5 N–H and O–H groups in total. The van der Waals surface area contributed by atoms with Gasteiger partial charge in [-0.3, -0.25) is 9.59 Å². The van der Waals surface area contributed by atoms with Crippen molar-refractivity contribution >= 4 is 11.9 Å². The maximum Gasteiger partial charge on any atom is 0.322 e. The zero-order valence-electron chi connectivity index (χ0n) is 8.65. The third-order valence-electron chi connectivity index (χ3n) is 1.83. The van der Waals surface area contributed by atoms with Crippen molar-refractivity contribution in [3.05, 3.63) is 0 Å². The number of ether oxygens (including phenoxy) is 1. The number of carboxylic acid groups (broad SMARTS) is 1. The first kappa shape index (κ1) is 13.9. The van der Waals surface area contributed by atoms with Crippen molar-refractivity contribution in [3.63, 3.8) is 0 Å². The molecule has 0 rings (SSSR count). The summed E-state index contributed by atoms with van der Waals surface area (Å²) in [5.41, 5.74) is 10.8. The van der Waals surface area contributed by atoms with E-state index >= 15 is 0 Å². The van der Waals surface area contributed by atoms with Gasteiger partial charge >= 0.3 is 11.9 Å². The molecule has 0 aliphatic heterocycles. The summed E-state index contributed by atoms with van der Waals surface area (Å²) in [7, 11) is 0. The van der Waals surface area contributed by atoms with Crippen LogP contribution in [-0.2, 0) is 14.3 Å². The molecule has 88 valence electrons. The average molecular weight is 218 g/mol. The van der Waals surface area contributed by atoms with Crippen LogP contribution in [0.15, 0.2) is 0 Å². The summed E-state index contributed by atoms with van der Waals surface area (Å²) in [5.74, 6) is -1.55. The molecule has 0 fully saturated rings. The molecule has 0 aromatic heterocycles. The summed E-state index contributed by atoms with van der Waals surface area (Å²) < 4.78 is 4.67. The van der Waals surface area contributed by atoms with E-state index in [1.165, 1.54) is 0 Å². The van der Waals surface area contributed by atoms with Gasteiger partial charge in [-0.25, -0.2) is 0 Å². The van der Waals surface area contributed by atoms with Crippen molar-refractivity contribution < 1.29 is 19.4 Å². The van der Waals surface area contributed by atoms with E-state index in [4.69, 9.17) is 16.6 Å². The van der Waals surface area contributed by atoms with Crippen LogP contribution in [0.1, 0.15) is 25.7 Å². The predicted molar refractivity (Wildman–Crippen MR) is 54.1 cm³/mol. The average Bonchev–Trinajstić information content (AvgIpc) is 2.17. The van der Waals surface area contributed by atoms with Gasteiger partial charge in [0.15, 0.2) is 0 Å². The molecule has 1 atom stereocenters. The highest BCUT2D eigenvalue weighted by Crippen LogP contribution is 2.00. The normalized spacial score (nSPS) is 12.1. The summed E-state index contributed by atoms with van der Waals surface area (Å²) in [4.78, 5) is 21.3. The summed E-state index contributed by atoms with van der Waals surface area (Å²) in [5, 5.41) is 8.30. The number of rotatable bonds is 8. The number of nitrogens with two attached hydrogens (primary N) is 2. The molecule has 6 nitrogen and oxygen atoms in total. The van der Waals surface area contributed by atoms with Crippen molar-refractivity contribution in [1.29, 1.82) is 0 Å². The molecule has 6 heteroatoms. The Labute approximate surface area is 88.6 Å². The summed E-state index contributed by atoms with van der Waals surface area (Å²) in [6.45, 7) is 0.444. The number of carbonyl (C=O) groups is 2. The molecule has 0 aliphatic carbocycles. The van der Waals surface area contributed by atoms with Gasteiger partial charge in [-0.1, -0.05) is 6.42 Å². The lowest BCUT2D eigenvalue weighted by atomic mass is 10.1. The van der Waals surface area contributed by atoms with Crippen molar-refractivity contribution in [1.82, 2.24) is 0 Å². The molecule has 0 saturated carbocycles. The zero-order valence-corrected chi connectivity index (χ0v) is 8.65. The highest BCUT2D eigenvalue weighted by atomic mass is 16.5. The number of hydrogen-bond acceptors (Lipinski definition) is 5.